The third-order valence-corrected chi connectivity index (χ3v) is 4.08. The summed E-state index contributed by atoms with van der Waals surface area (Å²) in [5, 5.41) is 6.09. The average Bonchev–Trinajstić information content (AvgIpc) is 2.57. The fraction of sp³-hybridized carbons (Fsp3) is 0.100. The predicted octanol–water partition coefficient (Wildman–Crippen LogP) is 5.08. The van der Waals surface area contributed by atoms with Crippen LogP contribution in [-0.2, 0) is 11.2 Å². The maximum absolute atomic E-state index is 12.1. The number of aromatic nitrogens is 1. The van der Waals surface area contributed by atoms with Crippen LogP contribution < -0.4 is 10.6 Å². The highest BCUT2D eigenvalue weighted by atomic mass is 79.9. The lowest BCUT2D eigenvalue weighted by Gasteiger charge is -2.08. The first kappa shape index (κ1) is 17.2. The van der Waals surface area contributed by atoms with Crippen molar-refractivity contribution in [2.45, 2.75) is 13.3 Å². The van der Waals surface area contributed by atoms with Crippen LogP contribution in [0.25, 0.3) is 0 Å². The van der Waals surface area contributed by atoms with Gasteiger partial charge in [-0.15, -0.1) is 0 Å². The van der Waals surface area contributed by atoms with Gasteiger partial charge in [0.15, 0.2) is 0 Å². The molecule has 0 radical (unpaired) electrons. The van der Waals surface area contributed by atoms with Gasteiger partial charge in [-0.1, -0.05) is 51.8 Å². The highest BCUT2D eigenvalue weighted by Gasteiger charge is 2.05. The Morgan fingerprint density at radius 2 is 1.88 bits per heavy atom. The van der Waals surface area contributed by atoms with Gasteiger partial charge >= 0.3 is 0 Å². The quantitative estimate of drug-likeness (QED) is 0.633. The van der Waals surface area contributed by atoms with Crippen molar-refractivity contribution in [1.29, 1.82) is 0 Å². The summed E-state index contributed by atoms with van der Waals surface area (Å²) in [6.07, 6.45) is 2.03. The van der Waals surface area contributed by atoms with Crippen LogP contribution in [0.15, 0.2) is 71.3 Å². The Morgan fingerprint density at radius 1 is 1.04 bits per heavy atom. The zero-order valence-electron chi connectivity index (χ0n) is 13.8. The van der Waals surface area contributed by atoms with Crippen molar-refractivity contribution in [1.82, 2.24) is 4.98 Å². The number of hydrogen-bond acceptors (Lipinski definition) is 3. The third-order valence-electron chi connectivity index (χ3n) is 3.59. The number of nitrogens with one attached hydrogen (secondary N) is 2. The summed E-state index contributed by atoms with van der Waals surface area (Å²) in [7, 11) is 0. The van der Waals surface area contributed by atoms with Gasteiger partial charge in [-0.05, 0) is 42.8 Å². The number of halogens is 1. The van der Waals surface area contributed by atoms with Crippen LogP contribution in [0.3, 0.4) is 0 Å². The Bertz CT molecular complexity index is 878. The first-order valence-corrected chi connectivity index (χ1v) is 8.72. The van der Waals surface area contributed by atoms with E-state index in [2.05, 4.69) is 31.5 Å². The van der Waals surface area contributed by atoms with E-state index in [4.69, 9.17) is 0 Å². The lowest BCUT2D eigenvalue weighted by molar-refractivity contribution is -0.115. The van der Waals surface area contributed by atoms with Crippen molar-refractivity contribution in [2.24, 2.45) is 0 Å². The average molecular weight is 396 g/mol. The minimum atomic E-state index is -0.0780. The zero-order valence-corrected chi connectivity index (χ0v) is 15.4. The molecule has 0 unspecified atom stereocenters. The van der Waals surface area contributed by atoms with Crippen molar-refractivity contribution in [3.63, 3.8) is 0 Å². The lowest BCUT2D eigenvalue weighted by Crippen LogP contribution is -2.15. The van der Waals surface area contributed by atoms with E-state index in [-0.39, 0.29) is 5.91 Å². The fourth-order valence-electron chi connectivity index (χ4n) is 2.47. The van der Waals surface area contributed by atoms with Gasteiger partial charge in [0.25, 0.3) is 0 Å². The molecule has 0 fully saturated rings. The van der Waals surface area contributed by atoms with E-state index in [0.717, 1.165) is 27.0 Å². The van der Waals surface area contributed by atoms with Crippen LogP contribution in [-0.4, -0.2) is 10.9 Å². The number of hydrogen-bond donors (Lipinski definition) is 2. The van der Waals surface area contributed by atoms with E-state index < -0.39 is 0 Å². The van der Waals surface area contributed by atoms with Gasteiger partial charge in [-0.2, -0.15) is 0 Å². The minimum Gasteiger partial charge on any atom is -0.354 e. The van der Waals surface area contributed by atoms with E-state index in [0.29, 0.717) is 12.2 Å². The normalized spacial score (nSPS) is 10.3. The molecule has 1 amide bonds. The molecule has 0 spiro atoms. The second-order valence-corrected chi connectivity index (χ2v) is 6.70. The van der Waals surface area contributed by atoms with Gasteiger partial charge in [-0.25, -0.2) is 4.98 Å². The summed E-state index contributed by atoms with van der Waals surface area (Å²) in [6.45, 7) is 2.01. The Hall–Kier alpha value is -2.66. The van der Waals surface area contributed by atoms with Gasteiger partial charge < -0.3 is 10.6 Å². The second-order valence-electron chi connectivity index (χ2n) is 5.78. The molecule has 0 saturated heterocycles. The molecule has 0 bridgehead atoms. The number of benzene rings is 2. The monoisotopic (exact) mass is 395 g/mol. The van der Waals surface area contributed by atoms with Crippen molar-refractivity contribution in [2.75, 3.05) is 10.6 Å². The van der Waals surface area contributed by atoms with Crippen LogP contribution in [0.4, 0.5) is 17.2 Å². The smallest absolute Gasteiger partial charge is 0.229 e. The van der Waals surface area contributed by atoms with E-state index in [9.17, 15) is 4.79 Å². The summed E-state index contributed by atoms with van der Waals surface area (Å²) in [5.74, 6) is 0.461. The van der Waals surface area contributed by atoms with Crippen LogP contribution in [0, 0.1) is 6.92 Å². The molecule has 0 saturated carbocycles. The van der Waals surface area contributed by atoms with Crippen molar-refractivity contribution >= 4 is 39.0 Å². The molecule has 5 heteroatoms. The van der Waals surface area contributed by atoms with Crippen molar-refractivity contribution < 1.29 is 4.79 Å². The largest absolute Gasteiger partial charge is 0.354 e. The molecule has 4 nitrogen and oxygen atoms in total. The molecule has 0 aliphatic heterocycles. The molecule has 1 heterocycles. The molecule has 2 aromatic carbocycles. The fourth-order valence-corrected chi connectivity index (χ4v) is 2.87. The number of amides is 1. The summed E-state index contributed by atoms with van der Waals surface area (Å²) in [6, 6.07) is 19.5. The van der Waals surface area contributed by atoms with Gasteiger partial charge in [0.1, 0.15) is 5.82 Å². The number of nitrogens with zero attached hydrogens (tertiary/aromatic N) is 1. The molecular formula is C20H18BrN3O. The van der Waals surface area contributed by atoms with Gasteiger partial charge in [-0.3, -0.25) is 4.79 Å². The van der Waals surface area contributed by atoms with E-state index in [1.807, 2.05) is 61.5 Å². The highest BCUT2D eigenvalue weighted by molar-refractivity contribution is 9.10. The molecule has 0 atom stereocenters. The van der Waals surface area contributed by atoms with E-state index in [1.165, 1.54) is 0 Å². The zero-order chi connectivity index (χ0) is 17.6. The van der Waals surface area contributed by atoms with Crippen LogP contribution in [0.2, 0.25) is 0 Å². The second kappa shape index (κ2) is 7.94. The summed E-state index contributed by atoms with van der Waals surface area (Å²) in [4.78, 5) is 16.4. The number of anilines is 3. The predicted molar refractivity (Wildman–Crippen MR) is 105 cm³/mol. The van der Waals surface area contributed by atoms with Crippen molar-refractivity contribution in [3.05, 3.63) is 82.5 Å². The lowest BCUT2D eigenvalue weighted by atomic mass is 10.1. The highest BCUT2D eigenvalue weighted by Crippen LogP contribution is 2.20. The Labute approximate surface area is 155 Å². The summed E-state index contributed by atoms with van der Waals surface area (Å²) in [5.41, 5.74) is 3.96. The van der Waals surface area contributed by atoms with E-state index in [1.54, 1.807) is 12.3 Å². The molecule has 25 heavy (non-hydrogen) atoms. The van der Waals surface area contributed by atoms with E-state index >= 15 is 0 Å². The standard InChI is InChI=1S/C20H18BrN3O/c1-14-4-2-5-15(10-14)11-20(25)24-19-9-8-18(13-22-19)23-17-7-3-6-16(21)12-17/h2-10,12-13,23H,11H2,1H3,(H,22,24,25). The number of carbonyl (C=O) groups is 1. The Morgan fingerprint density at radius 3 is 2.60 bits per heavy atom. The Balaban J connectivity index is 1.59. The van der Waals surface area contributed by atoms with Crippen molar-refractivity contribution in [3.8, 4) is 0 Å². The number of rotatable bonds is 5. The number of carbonyl (C=O) groups excluding carboxylic acids is 1. The minimum absolute atomic E-state index is 0.0780. The Kier molecular flexibility index (Phi) is 5.46. The summed E-state index contributed by atoms with van der Waals surface area (Å²) >= 11 is 3.44. The summed E-state index contributed by atoms with van der Waals surface area (Å²) < 4.78 is 1.01. The van der Waals surface area contributed by atoms with Crippen LogP contribution >= 0.6 is 15.9 Å². The first-order chi connectivity index (χ1) is 12.1. The maximum Gasteiger partial charge on any atom is 0.229 e. The first-order valence-electron chi connectivity index (χ1n) is 7.92. The molecule has 3 aromatic rings. The third kappa shape index (κ3) is 5.16. The maximum atomic E-state index is 12.1. The van der Waals surface area contributed by atoms with Gasteiger partial charge in [0, 0.05) is 10.2 Å². The van der Waals surface area contributed by atoms with Crippen LogP contribution in [0.5, 0.6) is 0 Å². The number of pyridine rings is 1. The molecular weight excluding hydrogens is 378 g/mol. The molecule has 1 aromatic heterocycles. The molecule has 2 N–H and O–H groups in total. The SMILES string of the molecule is Cc1cccc(CC(=O)Nc2ccc(Nc3cccc(Br)c3)cn2)c1. The molecule has 0 aliphatic rings. The topological polar surface area (TPSA) is 54.0 Å². The van der Waals surface area contributed by atoms with Crippen LogP contribution in [0.1, 0.15) is 11.1 Å². The van der Waals surface area contributed by atoms with Gasteiger partial charge in [0.2, 0.25) is 5.91 Å². The number of aryl methyl sites for hydroxylation is 1. The van der Waals surface area contributed by atoms with Gasteiger partial charge in [0.05, 0.1) is 18.3 Å². The molecule has 3 rings (SSSR count). The molecule has 126 valence electrons. The molecule has 0 aliphatic carbocycles.